The minimum absolute atomic E-state index is 0.0734. The Balaban J connectivity index is 2.25. The highest BCUT2D eigenvalue weighted by molar-refractivity contribution is 5.92. The van der Waals surface area contributed by atoms with Crippen molar-refractivity contribution in [2.45, 2.75) is 6.04 Å². The molecule has 1 unspecified atom stereocenters. The lowest BCUT2D eigenvalue weighted by Gasteiger charge is -2.40. The van der Waals surface area contributed by atoms with Gasteiger partial charge in [-0.3, -0.25) is 5.41 Å². The number of nitrogens with one attached hydrogen (secondary N) is 1. The summed E-state index contributed by atoms with van der Waals surface area (Å²) in [6.07, 6.45) is 0. The highest BCUT2D eigenvalue weighted by Gasteiger charge is 2.28. The first-order valence-electron chi connectivity index (χ1n) is 6.26. The second-order valence-electron chi connectivity index (χ2n) is 4.74. The zero-order chi connectivity index (χ0) is 13.8. The van der Waals surface area contributed by atoms with Crippen LogP contribution in [-0.2, 0) is 0 Å². The average molecular weight is 260 g/mol. The van der Waals surface area contributed by atoms with Gasteiger partial charge in [-0.05, 0) is 12.6 Å². The largest absolute Gasteiger partial charge is 0.370 e. The molecule has 0 saturated carbocycles. The van der Waals surface area contributed by atoms with Crippen molar-refractivity contribution in [3.63, 3.8) is 0 Å². The smallest absolute Gasteiger partial charge is 0.221 e. The van der Waals surface area contributed by atoms with Crippen LogP contribution in [0.3, 0.4) is 0 Å². The van der Waals surface area contributed by atoms with Crippen molar-refractivity contribution in [2.24, 2.45) is 16.5 Å². The van der Waals surface area contributed by atoms with E-state index < -0.39 is 0 Å². The van der Waals surface area contributed by atoms with Gasteiger partial charge in [0.2, 0.25) is 5.96 Å². The lowest BCUT2D eigenvalue weighted by atomic mass is 10.0. The topological polar surface area (TPSA) is 94.7 Å². The summed E-state index contributed by atoms with van der Waals surface area (Å²) in [5.41, 5.74) is 11.9. The Hall–Kier alpha value is -2.08. The predicted molar refractivity (Wildman–Crippen MR) is 76.9 cm³/mol. The van der Waals surface area contributed by atoms with E-state index in [9.17, 15) is 0 Å². The van der Waals surface area contributed by atoms with Crippen LogP contribution in [0, 0.1) is 5.41 Å². The van der Waals surface area contributed by atoms with Crippen LogP contribution in [0.2, 0.25) is 0 Å². The Morgan fingerprint density at radius 3 is 2.58 bits per heavy atom. The van der Waals surface area contributed by atoms with Crippen molar-refractivity contribution in [3.8, 4) is 0 Å². The summed E-state index contributed by atoms with van der Waals surface area (Å²) in [5.74, 6) is 0.0534. The van der Waals surface area contributed by atoms with Crippen LogP contribution in [0.4, 0.5) is 0 Å². The number of benzene rings is 1. The Morgan fingerprint density at radius 1 is 1.26 bits per heavy atom. The summed E-state index contributed by atoms with van der Waals surface area (Å²) < 4.78 is 0. The summed E-state index contributed by atoms with van der Waals surface area (Å²) in [6, 6.07) is 10.2. The Kier molecular flexibility index (Phi) is 4.01. The number of nitrogens with zero attached hydrogens (tertiary/aromatic N) is 3. The van der Waals surface area contributed by atoms with E-state index in [2.05, 4.69) is 29.1 Å². The first kappa shape index (κ1) is 13.4. The van der Waals surface area contributed by atoms with Gasteiger partial charge in [0.1, 0.15) is 0 Å². The molecular weight excluding hydrogens is 240 g/mol. The third kappa shape index (κ3) is 3.23. The van der Waals surface area contributed by atoms with Crippen LogP contribution in [0.25, 0.3) is 0 Å². The summed E-state index contributed by atoms with van der Waals surface area (Å²) >= 11 is 0. The molecule has 0 amide bonds. The maximum atomic E-state index is 8.02. The van der Waals surface area contributed by atoms with Crippen LogP contribution >= 0.6 is 0 Å². The molecule has 19 heavy (non-hydrogen) atoms. The lowest BCUT2D eigenvalue weighted by Crippen LogP contribution is -2.49. The minimum Gasteiger partial charge on any atom is -0.370 e. The molecule has 2 rings (SSSR count). The number of nitrogens with two attached hydrogens (primary N) is 2. The number of guanidine groups is 2. The molecule has 0 radical (unpaired) electrons. The second-order valence-corrected chi connectivity index (χ2v) is 4.74. The molecule has 1 aromatic rings. The van der Waals surface area contributed by atoms with Crippen LogP contribution < -0.4 is 11.5 Å². The van der Waals surface area contributed by atoms with E-state index >= 15 is 0 Å². The molecule has 0 aromatic heterocycles. The van der Waals surface area contributed by atoms with Gasteiger partial charge in [-0.1, -0.05) is 30.3 Å². The van der Waals surface area contributed by atoms with Crippen LogP contribution in [0.15, 0.2) is 35.3 Å². The minimum atomic E-state index is -0.0734. The quantitative estimate of drug-likeness (QED) is 0.496. The average Bonchev–Trinajstić information content (AvgIpc) is 2.38. The molecule has 1 saturated heterocycles. The summed E-state index contributed by atoms with van der Waals surface area (Å²) in [4.78, 5) is 8.05. The third-order valence-corrected chi connectivity index (χ3v) is 3.27. The fraction of sp³-hybridized carbons (Fsp3) is 0.385. The number of piperazine rings is 1. The van der Waals surface area contributed by atoms with Gasteiger partial charge in [0.15, 0.2) is 5.96 Å². The van der Waals surface area contributed by atoms with Crippen LogP contribution in [0.1, 0.15) is 11.6 Å². The molecule has 1 aromatic carbocycles. The zero-order valence-electron chi connectivity index (χ0n) is 11.1. The lowest BCUT2D eigenvalue weighted by molar-refractivity contribution is 0.149. The van der Waals surface area contributed by atoms with Crippen molar-refractivity contribution in [3.05, 3.63) is 35.9 Å². The second kappa shape index (κ2) is 5.71. The van der Waals surface area contributed by atoms with Gasteiger partial charge in [-0.15, -0.1) is 0 Å². The molecule has 1 heterocycles. The maximum absolute atomic E-state index is 8.02. The fourth-order valence-corrected chi connectivity index (χ4v) is 2.32. The summed E-state index contributed by atoms with van der Waals surface area (Å²) in [6.45, 7) is 2.49. The highest BCUT2D eigenvalue weighted by atomic mass is 15.3. The monoisotopic (exact) mass is 260 g/mol. The molecule has 0 spiro atoms. The van der Waals surface area contributed by atoms with Crippen LogP contribution in [-0.4, -0.2) is 48.4 Å². The normalized spacial score (nSPS) is 20.1. The van der Waals surface area contributed by atoms with E-state index in [0.717, 1.165) is 19.6 Å². The molecule has 6 heteroatoms. The van der Waals surface area contributed by atoms with Crippen molar-refractivity contribution in [2.75, 3.05) is 26.7 Å². The van der Waals surface area contributed by atoms with E-state index in [1.165, 1.54) is 5.56 Å². The molecule has 1 atom stereocenters. The Bertz CT molecular complexity index is 465. The third-order valence-electron chi connectivity index (χ3n) is 3.27. The molecule has 5 N–H and O–H groups in total. The molecule has 1 fully saturated rings. The standard InChI is InChI=1S/C13H20N6/c1-18-7-8-19(13(16)17-12(14)15)11(9-18)10-5-3-2-4-6-10/h2-6,11H,7-9H2,1H3,(H5,14,15,16,17). The van der Waals surface area contributed by atoms with E-state index in [0.29, 0.717) is 0 Å². The summed E-state index contributed by atoms with van der Waals surface area (Å²) in [7, 11) is 2.08. The molecule has 102 valence electrons. The van der Waals surface area contributed by atoms with Crippen molar-refractivity contribution in [1.29, 1.82) is 5.41 Å². The molecule has 6 nitrogen and oxygen atoms in total. The van der Waals surface area contributed by atoms with Gasteiger partial charge >= 0.3 is 0 Å². The highest BCUT2D eigenvalue weighted by Crippen LogP contribution is 2.25. The van der Waals surface area contributed by atoms with Crippen LogP contribution in [0.5, 0.6) is 0 Å². The Morgan fingerprint density at radius 2 is 1.95 bits per heavy atom. The predicted octanol–water partition coefficient (Wildman–Crippen LogP) is 0.183. The van der Waals surface area contributed by atoms with E-state index in [4.69, 9.17) is 16.9 Å². The van der Waals surface area contributed by atoms with Crippen molar-refractivity contribution >= 4 is 11.9 Å². The fourth-order valence-electron chi connectivity index (χ4n) is 2.32. The summed E-state index contributed by atoms with van der Waals surface area (Å²) in [5, 5.41) is 8.02. The first-order chi connectivity index (χ1) is 9.08. The zero-order valence-corrected chi connectivity index (χ0v) is 11.1. The molecule has 1 aliphatic rings. The molecule has 0 bridgehead atoms. The van der Waals surface area contributed by atoms with Crippen molar-refractivity contribution < 1.29 is 0 Å². The molecule has 1 aliphatic heterocycles. The van der Waals surface area contributed by atoms with Crippen molar-refractivity contribution in [1.82, 2.24) is 9.80 Å². The number of hydrogen-bond donors (Lipinski definition) is 3. The van der Waals surface area contributed by atoms with Gasteiger partial charge < -0.3 is 21.3 Å². The number of hydrogen-bond acceptors (Lipinski definition) is 2. The Labute approximate surface area is 113 Å². The van der Waals surface area contributed by atoms with Gasteiger partial charge in [0, 0.05) is 19.6 Å². The molecular formula is C13H20N6. The van der Waals surface area contributed by atoms with E-state index in [-0.39, 0.29) is 18.0 Å². The van der Waals surface area contributed by atoms with E-state index in [1.54, 1.807) is 0 Å². The van der Waals surface area contributed by atoms with Gasteiger partial charge in [-0.25, -0.2) is 0 Å². The van der Waals surface area contributed by atoms with Gasteiger partial charge in [0.05, 0.1) is 6.04 Å². The van der Waals surface area contributed by atoms with E-state index in [1.807, 2.05) is 23.1 Å². The SMILES string of the molecule is CN1CCN(C(=N)N=C(N)N)C(c2ccccc2)C1. The number of aliphatic imine (C=N–C) groups is 1. The van der Waals surface area contributed by atoms with Gasteiger partial charge in [0.25, 0.3) is 0 Å². The van der Waals surface area contributed by atoms with Gasteiger partial charge in [-0.2, -0.15) is 4.99 Å². The molecule has 0 aliphatic carbocycles. The number of likely N-dealkylation sites (N-methyl/N-ethyl adjacent to an activating group) is 1. The first-order valence-corrected chi connectivity index (χ1v) is 6.26. The maximum Gasteiger partial charge on any atom is 0.221 e. The number of rotatable bonds is 1.